The second-order valence-electron chi connectivity index (χ2n) is 7.90. The topological polar surface area (TPSA) is 86.6 Å². The van der Waals surface area contributed by atoms with Gasteiger partial charge in [0.25, 0.3) is 0 Å². The Morgan fingerprint density at radius 1 is 1.00 bits per heavy atom. The van der Waals surface area contributed by atoms with E-state index in [0.29, 0.717) is 19.6 Å². The van der Waals surface area contributed by atoms with Gasteiger partial charge in [0.1, 0.15) is 12.2 Å². The fraction of sp³-hybridized carbons (Fsp3) is 0.739. The van der Waals surface area contributed by atoms with Crippen LogP contribution in [0.25, 0.3) is 0 Å². The van der Waals surface area contributed by atoms with E-state index in [0.717, 1.165) is 12.8 Å². The zero-order valence-electron chi connectivity index (χ0n) is 16.8. The van der Waals surface area contributed by atoms with Crippen molar-refractivity contribution in [3.8, 4) is 0 Å². The molecule has 0 aromatic heterocycles. The standard InChI is InChI=1S/C15H20O4.C6H12O3.2CH4/c1-15(2)18-13-8-12(17-14(13)19-15)10-16-9-11-6-4-3-5-7-11;1-2-4-3-5(7)6(8)9-4;;/h3-7,12-14H,8-10H2,1-2H3;4-8H,2-3H2,1H3;2*1H4/t12-,13+,14+;4-,5-,6?;;/m01../s1. The van der Waals surface area contributed by atoms with Gasteiger partial charge in [-0.1, -0.05) is 52.1 Å². The molecule has 0 bridgehead atoms. The van der Waals surface area contributed by atoms with Crippen molar-refractivity contribution in [1.29, 1.82) is 0 Å². The van der Waals surface area contributed by atoms with Crippen molar-refractivity contribution in [2.24, 2.45) is 0 Å². The molecule has 0 saturated carbocycles. The Morgan fingerprint density at radius 3 is 2.23 bits per heavy atom. The van der Waals surface area contributed by atoms with Gasteiger partial charge in [-0.2, -0.15) is 0 Å². The second kappa shape index (κ2) is 12.1. The Bertz CT molecular complexity index is 568. The van der Waals surface area contributed by atoms with Crippen molar-refractivity contribution in [2.75, 3.05) is 6.61 Å². The molecule has 3 heterocycles. The van der Waals surface area contributed by atoms with Gasteiger partial charge < -0.3 is 33.9 Å². The molecular weight excluding hydrogens is 388 g/mol. The van der Waals surface area contributed by atoms with Crippen LogP contribution < -0.4 is 0 Å². The average molecular weight is 429 g/mol. The third-order valence-corrected chi connectivity index (χ3v) is 5.00. The van der Waals surface area contributed by atoms with Gasteiger partial charge in [-0.15, -0.1) is 0 Å². The maximum Gasteiger partial charge on any atom is 0.187 e. The predicted octanol–water partition coefficient (Wildman–Crippen LogP) is 3.61. The molecule has 3 aliphatic heterocycles. The van der Waals surface area contributed by atoms with E-state index in [9.17, 15) is 0 Å². The average Bonchev–Trinajstić information content (AvgIpc) is 3.26. The highest BCUT2D eigenvalue weighted by Crippen LogP contribution is 2.37. The van der Waals surface area contributed by atoms with E-state index in [-0.39, 0.29) is 39.5 Å². The first-order chi connectivity index (χ1) is 13.4. The molecule has 6 atom stereocenters. The van der Waals surface area contributed by atoms with Gasteiger partial charge in [0.05, 0.1) is 25.4 Å². The molecule has 3 aliphatic rings. The van der Waals surface area contributed by atoms with Crippen LogP contribution in [-0.4, -0.2) is 59.6 Å². The molecule has 0 spiro atoms. The number of ether oxygens (including phenoxy) is 5. The lowest BCUT2D eigenvalue weighted by atomic mass is 10.2. The van der Waals surface area contributed by atoms with E-state index < -0.39 is 18.2 Å². The maximum atomic E-state index is 8.92. The molecule has 7 heteroatoms. The first-order valence-corrected chi connectivity index (χ1v) is 10.0. The van der Waals surface area contributed by atoms with E-state index in [1.807, 2.05) is 39.0 Å². The minimum atomic E-state index is -0.949. The minimum Gasteiger partial charge on any atom is -0.388 e. The molecule has 30 heavy (non-hydrogen) atoms. The van der Waals surface area contributed by atoms with Crippen LogP contribution in [0.5, 0.6) is 0 Å². The van der Waals surface area contributed by atoms with Crippen LogP contribution in [0.15, 0.2) is 30.3 Å². The van der Waals surface area contributed by atoms with Gasteiger partial charge in [-0.25, -0.2) is 0 Å². The monoisotopic (exact) mass is 428 g/mol. The van der Waals surface area contributed by atoms with Gasteiger partial charge in [0, 0.05) is 12.8 Å². The summed E-state index contributed by atoms with van der Waals surface area (Å²) in [6.07, 6.45) is 0.560. The fourth-order valence-electron chi connectivity index (χ4n) is 3.56. The minimum absolute atomic E-state index is 0. The summed E-state index contributed by atoms with van der Waals surface area (Å²) >= 11 is 0. The summed E-state index contributed by atoms with van der Waals surface area (Å²) in [7, 11) is 0. The summed E-state index contributed by atoms with van der Waals surface area (Å²) in [4.78, 5) is 0. The quantitative estimate of drug-likeness (QED) is 0.741. The fourth-order valence-corrected chi connectivity index (χ4v) is 3.56. The normalized spacial score (nSPS) is 33.6. The highest BCUT2D eigenvalue weighted by atomic mass is 16.8. The Balaban J connectivity index is 0.000000351. The summed E-state index contributed by atoms with van der Waals surface area (Å²) in [6, 6.07) is 10.1. The van der Waals surface area contributed by atoms with Crippen molar-refractivity contribution in [3.63, 3.8) is 0 Å². The van der Waals surface area contributed by atoms with Crippen molar-refractivity contribution in [2.45, 2.75) is 104 Å². The maximum absolute atomic E-state index is 8.92. The Kier molecular flexibility index (Phi) is 10.9. The van der Waals surface area contributed by atoms with E-state index in [1.54, 1.807) is 0 Å². The zero-order chi connectivity index (χ0) is 20.1. The number of hydrogen-bond acceptors (Lipinski definition) is 7. The van der Waals surface area contributed by atoms with Crippen molar-refractivity contribution < 1.29 is 33.9 Å². The van der Waals surface area contributed by atoms with Crippen LogP contribution in [0.2, 0.25) is 0 Å². The van der Waals surface area contributed by atoms with E-state index in [4.69, 9.17) is 33.9 Å². The molecule has 1 aromatic rings. The molecule has 7 nitrogen and oxygen atoms in total. The molecule has 1 unspecified atom stereocenters. The van der Waals surface area contributed by atoms with Crippen LogP contribution in [0.4, 0.5) is 0 Å². The molecule has 1 aromatic carbocycles. The number of benzene rings is 1. The van der Waals surface area contributed by atoms with Crippen molar-refractivity contribution >= 4 is 0 Å². The molecule has 174 valence electrons. The van der Waals surface area contributed by atoms with Crippen LogP contribution >= 0.6 is 0 Å². The van der Waals surface area contributed by atoms with Crippen LogP contribution in [0.3, 0.4) is 0 Å². The first kappa shape index (κ1) is 27.0. The lowest BCUT2D eigenvalue weighted by Crippen LogP contribution is -2.26. The van der Waals surface area contributed by atoms with Crippen LogP contribution in [0, 0.1) is 0 Å². The highest BCUT2D eigenvalue weighted by molar-refractivity contribution is 5.13. The Morgan fingerprint density at radius 2 is 1.70 bits per heavy atom. The van der Waals surface area contributed by atoms with Gasteiger partial charge >= 0.3 is 0 Å². The smallest absolute Gasteiger partial charge is 0.187 e. The molecule has 2 N–H and O–H groups in total. The third-order valence-electron chi connectivity index (χ3n) is 5.00. The summed E-state index contributed by atoms with van der Waals surface area (Å²) < 4.78 is 27.8. The number of fused-ring (bicyclic) bond motifs is 1. The SMILES string of the molecule is C.C.CC1(C)O[C@H]2O[C@H](COCc3ccccc3)C[C@H]2O1.CC[C@@H]1C[C@@H](O)C(O)O1. The first-order valence-electron chi connectivity index (χ1n) is 10.0. The summed E-state index contributed by atoms with van der Waals surface area (Å²) in [5.41, 5.74) is 1.18. The number of rotatable bonds is 5. The number of hydrogen-bond donors (Lipinski definition) is 2. The Hall–Kier alpha value is -1.06. The second-order valence-corrected chi connectivity index (χ2v) is 7.90. The van der Waals surface area contributed by atoms with Crippen molar-refractivity contribution in [3.05, 3.63) is 35.9 Å². The number of aliphatic hydroxyl groups excluding tert-OH is 2. The molecule has 3 fully saturated rings. The van der Waals surface area contributed by atoms with E-state index in [1.165, 1.54) is 5.56 Å². The lowest BCUT2D eigenvalue weighted by molar-refractivity contribution is -0.209. The molecule has 0 aliphatic carbocycles. The van der Waals surface area contributed by atoms with Gasteiger partial charge in [-0.05, 0) is 25.8 Å². The van der Waals surface area contributed by atoms with Crippen molar-refractivity contribution in [1.82, 2.24) is 0 Å². The summed E-state index contributed by atoms with van der Waals surface area (Å²) in [6.45, 7) is 6.99. The van der Waals surface area contributed by atoms with E-state index in [2.05, 4.69) is 12.1 Å². The third kappa shape index (κ3) is 7.57. The zero-order valence-corrected chi connectivity index (χ0v) is 16.8. The van der Waals surface area contributed by atoms with E-state index >= 15 is 0 Å². The molecule has 0 amide bonds. The predicted molar refractivity (Wildman–Crippen MR) is 115 cm³/mol. The molecular formula is C23H40O7. The van der Waals surface area contributed by atoms with Gasteiger partial charge in [0.15, 0.2) is 18.4 Å². The Labute approximate surface area is 181 Å². The molecule has 0 radical (unpaired) electrons. The summed E-state index contributed by atoms with van der Waals surface area (Å²) in [5, 5.41) is 17.8. The van der Waals surface area contributed by atoms with Gasteiger partial charge in [-0.3, -0.25) is 0 Å². The van der Waals surface area contributed by atoms with Gasteiger partial charge in [0.2, 0.25) is 0 Å². The van der Waals surface area contributed by atoms with Crippen LogP contribution in [-0.2, 0) is 30.3 Å². The molecule has 4 rings (SSSR count). The summed E-state index contributed by atoms with van der Waals surface area (Å²) in [5.74, 6) is -0.523. The molecule has 3 saturated heterocycles. The number of aliphatic hydroxyl groups is 2. The lowest BCUT2D eigenvalue weighted by Gasteiger charge is -2.20. The van der Waals surface area contributed by atoms with Crippen LogP contribution in [0.1, 0.15) is 60.5 Å². The highest BCUT2D eigenvalue weighted by Gasteiger charge is 2.48. The largest absolute Gasteiger partial charge is 0.388 e.